The van der Waals surface area contributed by atoms with Crippen molar-refractivity contribution in [3.8, 4) is 0 Å². The quantitative estimate of drug-likeness (QED) is 0.900. The van der Waals surface area contributed by atoms with Gasteiger partial charge in [-0.25, -0.2) is 8.42 Å². The van der Waals surface area contributed by atoms with Crippen molar-refractivity contribution in [1.29, 1.82) is 0 Å². The topological polar surface area (TPSA) is 62.4 Å². The van der Waals surface area contributed by atoms with Gasteiger partial charge in [0, 0.05) is 12.7 Å². The molecule has 9 heteroatoms. The molecule has 1 aliphatic heterocycles. The number of morpholine rings is 1. The Balaban J connectivity index is 1.90. The maximum absolute atomic E-state index is 12.7. The summed E-state index contributed by atoms with van der Waals surface area (Å²) in [5.41, 5.74) is -1.06. The largest absolute Gasteiger partial charge is 0.431 e. The van der Waals surface area contributed by atoms with E-state index in [1.807, 2.05) is 4.98 Å². The molecule has 1 saturated carbocycles. The summed E-state index contributed by atoms with van der Waals surface area (Å²) in [6.07, 6.45) is -0.483. The third-order valence-electron chi connectivity index (χ3n) is 4.25. The Morgan fingerprint density at radius 2 is 2.00 bits per heavy atom. The van der Waals surface area contributed by atoms with Crippen LogP contribution in [0, 0.1) is 0 Å². The van der Waals surface area contributed by atoms with E-state index in [1.165, 1.54) is 4.31 Å². The van der Waals surface area contributed by atoms with E-state index in [-0.39, 0.29) is 30.2 Å². The monoisotopic (exact) mass is 338 g/mol. The third kappa shape index (κ3) is 2.77. The molecule has 5 nitrogen and oxygen atoms in total. The van der Waals surface area contributed by atoms with Crippen molar-refractivity contribution in [1.82, 2.24) is 9.29 Å². The smallest absolute Gasteiger partial charge is 0.375 e. The second kappa shape index (κ2) is 5.54. The molecular formula is C13H17F3N2O3S. The second-order valence-electron chi connectivity index (χ2n) is 5.62. The van der Waals surface area contributed by atoms with Gasteiger partial charge in [-0.05, 0) is 18.9 Å². The number of nitrogens with zero attached hydrogens (tertiary/aromatic N) is 1. The summed E-state index contributed by atoms with van der Waals surface area (Å²) < 4.78 is 70.2. The Labute approximate surface area is 126 Å². The van der Waals surface area contributed by atoms with Gasteiger partial charge in [0.1, 0.15) is 10.6 Å². The van der Waals surface area contributed by atoms with Gasteiger partial charge in [0.05, 0.1) is 18.8 Å². The highest BCUT2D eigenvalue weighted by Crippen LogP contribution is 2.34. The van der Waals surface area contributed by atoms with Crippen LogP contribution >= 0.6 is 0 Å². The fraction of sp³-hybridized carbons (Fsp3) is 0.692. The van der Waals surface area contributed by atoms with Crippen LogP contribution in [-0.4, -0.2) is 43.0 Å². The Morgan fingerprint density at radius 3 is 2.68 bits per heavy atom. The molecule has 2 fully saturated rings. The lowest BCUT2D eigenvalue weighted by atomic mass is 9.91. The van der Waals surface area contributed by atoms with Crippen molar-refractivity contribution in [3.63, 3.8) is 0 Å². The van der Waals surface area contributed by atoms with Gasteiger partial charge in [0.2, 0.25) is 10.0 Å². The number of fused-ring (bicyclic) bond motifs is 1. The highest BCUT2D eigenvalue weighted by molar-refractivity contribution is 7.89. The van der Waals surface area contributed by atoms with E-state index in [1.54, 1.807) is 0 Å². The van der Waals surface area contributed by atoms with Crippen LogP contribution in [0.15, 0.2) is 17.2 Å². The third-order valence-corrected chi connectivity index (χ3v) is 6.15. The summed E-state index contributed by atoms with van der Waals surface area (Å²) in [5.74, 6) is 0. The molecule has 2 atom stereocenters. The molecule has 124 valence electrons. The molecule has 2 aliphatic rings. The maximum Gasteiger partial charge on any atom is 0.431 e. The van der Waals surface area contributed by atoms with Crippen molar-refractivity contribution in [2.75, 3.05) is 13.2 Å². The van der Waals surface area contributed by atoms with Crippen molar-refractivity contribution in [3.05, 3.63) is 18.0 Å². The number of aromatic amines is 1. The van der Waals surface area contributed by atoms with Gasteiger partial charge in [-0.1, -0.05) is 12.8 Å². The van der Waals surface area contributed by atoms with Crippen molar-refractivity contribution < 1.29 is 26.3 Å². The van der Waals surface area contributed by atoms with E-state index in [9.17, 15) is 21.6 Å². The number of H-pyrrole nitrogens is 1. The number of rotatable bonds is 2. The Kier molecular flexibility index (Phi) is 3.98. The normalized spacial score (nSPS) is 27.6. The summed E-state index contributed by atoms with van der Waals surface area (Å²) in [6.45, 7) is 0.451. The molecule has 1 aliphatic carbocycles. The minimum Gasteiger partial charge on any atom is -0.375 e. The van der Waals surface area contributed by atoms with Crippen molar-refractivity contribution in [2.45, 2.75) is 48.9 Å². The summed E-state index contributed by atoms with van der Waals surface area (Å²) in [7, 11) is -3.95. The summed E-state index contributed by atoms with van der Waals surface area (Å²) in [6, 6.07) is 0.375. The lowest BCUT2D eigenvalue weighted by Crippen LogP contribution is -2.54. The Bertz CT molecular complexity index is 639. The molecular weight excluding hydrogens is 321 g/mol. The van der Waals surface area contributed by atoms with Crippen LogP contribution in [-0.2, 0) is 20.9 Å². The highest BCUT2D eigenvalue weighted by atomic mass is 32.2. The minimum absolute atomic E-state index is 0.154. The number of halogens is 3. The predicted octanol–water partition coefficient (Wildman–Crippen LogP) is 2.37. The first kappa shape index (κ1) is 15.8. The van der Waals surface area contributed by atoms with Crippen LogP contribution in [0.4, 0.5) is 13.2 Å². The lowest BCUT2D eigenvalue weighted by molar-refractivity contribution is -0.140. The van der Waals surface area contributed by atoms with Crippen LogP contribution in [0.25, 0.3) is 0 Å². The fourth-order valence-corrected chi connectivity index (χ4v) is 4.84. The average molecular weight is 338 g/mol. The lowest BCUT2D eigenvalue weighted by Gasteiger charge is -2.42. The zero-order chi connectivity index (χ0) is 16.0. The summed E-state index contributed by atoms with van der Waals surface area (Å²) in [5, 5.41) is 0. The first-order valence-corrected chi connectivity index (χ1v) is 8.63. The van der Waals surface area contributed by atoms with Gasteiger partial charge in [0.15, 0.2) is 0 Å². The van der Waals surface area contributed by atoms with Crippen molar-refractivity contribution >= 4 is 10.0 Å². The predicted molar refractivity (Wildman–Crippen MR) is 71.7 cm³/mol. The fourth-order valence-electron chi connectivity index (χ4n) is 3.18. The number of hydrogen-bond acceptors (Lipinski definition) is 3. The highest BCUT2D eigenvalue weighted by Gasteiger charge is 2.42. The summed E-state index contributed by atoms with van der Waals surface area (Å²) in [4.78, 5) is 1.66. The van der Waals surface area contributed by atoms with Gasteiger partial charge in [0.25, 0.3) is 0 Å². The zero-order valence-electron chi connectivity index (χ0n) is 11.8. The molecule has 1 N–H and O–H groups in total. The van der Waals surface area contributed by atoms with E-state index in [2.05, 4.69) is 0 Å². The van der Waals surface area contributed by atoms with Crippen LogP contribution < -0.4 is 0 Å². The van der Waals surface area contributed by atoms with Crippen LogP contribution in [0.3, 0.4) is 0 Å². The number of hydrogen-bond donors (Lipinski definition) is 1. The molecule has 1 aromatic rings. The molecule has 2 heterocycles. The molecule has 1 saturated heterocycles. The SMILES string of the molecule is O=S(=O)(c1c[nH]c(C(F)(F)F)c1)N1CCO[C@@H]2CCCC[C@@H]21. The average Bonchev–Trinajstić information content (AvgIpc) is 2.97. The zero-order valence-corrected chi connectivity index (χ0v) is 12.6. The molecule has 0 amide bonds. The molecule has 0 unspecified atom stereocenters. The minimum atomic E-state index is -4.59. The molecule has 0 aromatic carbocycles. The summed E-state index contributed by atoms with van der Waals surface area (Å²) >= 11 is 0. The Morgan fingerprint density at radius 1 is 1.27 bits per heavy atom. The van der Waals surface area contributed by atoms with Gasteiger partial charge in [-0.15, -0.1) is 0 Å². The number of sulfonamides is 1. The van der Waals surface area contributed by atoms with E-state index >= 15 is 0 Å². The van der Waals surface area contributed by atoms with Crippen LogP contribution in [0.5, 0.6) is 0 Å². The van der Waals surface area contributed by atoms with Crippen LogP contribution in [0.2, 0.25) is 0 Å². The molecule has 1 aromatic heterocycles. The molecule has 0 bridgehead atoms. The van der Waals surface area contributed by atoms with Crippen molar-refractivity contribution in [2.24, 2.45) is 0 Å². The van der Waals surface area contributed by atoms with E-state index < -0.39 is 21.9 Å². The van der Waals surface area contributed by atoms with E-state index in [0.29, 0.717) is 12.5 Å². The molecule has 22 heavy (non-hydrogen) atoms. The van der Waals surface area contributed by atoms with Gasteiger partial charge in [-0.3, -0.25) is 0 Å². The molecule has 0 spiro atoms. The first-order chi connectivity index (χ1) is 10.3. The van der Waals surface area contributed by atoms with E-state index in [0.717, 1.165) is 25.5 Å². The number of nitrogens with one attached hydrogen (secondary N) is 1. The Hall–Kier alpha value is -1.06. The maximum atomic E-state index is 12.7. The van der Waals surface area contributed by atoms with Crippen LogP contribution in [0.1, 0.15) is 31.4 Å². The number of ether oxygens (including phenoxy) is 1. The standard InChI is InChI=1S/C13H17F3N2O3S/c14-13(15,16)12-7-9(8-17-12)22(19,20)18-5-6-21-11-4-2-1-3-10(11)18/h7-8,10-11,17H,1-6H2/t10-,11+/m0/s1. The van der Waals surface area contributed by atoms with Gasteiger partial charge in [-0.2, -0.15) is 17.5 Å². The second-order valence-corrected chi connectivity index (χ2v) is 7.51. The molecule has 3 rings (SSSR count). The van der Waals surface area contributed by atoms with Gasteiger partial charge < -0.3 is 9.72 Å². The number of alkyl halides is 3. The number of aromatic nitrogens is 1. The van der Waals surface area contributed by atoms with E-state index in [4.69, 9.17) is 4.74 Å². The van der Waals surface area contributed by atoms with Gasteiger partial charge >= 0.3 is 6.18 Å². The first-order valence-electron chi connectivity index (χ1n) is 7.19. The molecule has 0 radical (unpaired) electrons.